The van der Waals surface area contributed by atoms with Crippen LogP contribution in [0.25, 0.3) is 0 Å². The molecule has 0 heterocycles. The van der Waals surface area contributed by atoms with Crippen molar-refractivity contribution in [3.05, 3.63) is 29.6 Å². The number of hydrogen-bond acceptors (Lipinski definition) is 4. The SMILES string of the molecule is CCS(=O)(=O)CCNc1cc(F)cc(C#N)c1. The summed E-state index contributed by atoms with van der Waals surface area (Å²) in [5, 5.41) is 11.4. The third kappa shape index (κ3) is 4.41. The standard InChI is InChI=1S/C11H13FN2O2S/c1-2-17(15,16)4-3-14-11-6-9(8-13)5-10(12)7-11/h5-7,14H,2-4H2,1H3. The maximum absolute atomic E-state index is 13.0. The highest BCUT2D eigenvalue weighted by Gasteiger charge is 2.07. The van der Waals surface area contributed by atoms with Crippen molar-refractivity contribution >= 4 is 15.5 Å². The van der Waals surface area contributed by atoms with Crippen LogP contribution in [0.1, 0.15) is 12.5 Å². The van der Waals surface area contributed by atoms with Gasteiger partial charge in [-0.3, -0.25) is 0 Å². The van der Waals surface area contributed by atoms with Gasteiger partial charge in [0.15, 0.2) is 9.84 Å². The lowest BCUT2D eigenvalue weighted by molar-refractivity contribution is 0.597. The lowest BCUT2D eigenvalue weighted by Crippen LogP contribution is -2.17. The first-order valence-electron chi connectivity index (χ1n) is 5.12. The Morgan fingerprint density at radius 2 is 2.12 bits per heavy atom. The van der Waals surface area contributed by atoms with E-state index < -0.39 is 15.7 Å². The summed E-state index contributed by atoms with van der Waals surface area (Å²) in [7, 11) is -3.04. The molecule has 0 saturated carbocycles. The van der Waals surface area contributed by atoms with Gasteiger partial charge in [-0.1, -0.05) is 6.92 Å². The third-order valence-corrected chi connectivity index (χ3v) is 3.91. The second-order valence-corrected chi connectivity index (χ2v) is 5.98. The lowest BCUT2D eigenvalue weighted by atomic mass is 10.2. The van der Waals surface area contributed by atoms with E-state index in [-0.39, 0.29) is 23.6 Å². The Morgan fingerprint density at radius 1 is 1.41 bits per heavy atom. The molecule has 0 aliphatic rings. The molecule has 6 heteroatoms. The van der Waals surface area contributed by atoms with Crippen LogP contribution in [0.5, 0.6) is 0 Å². The van der Waals surface area contributed by atoms with E-state index in [0.717, 1.165) is 6.07 Å². The summed E-state index contributed by atoms with van der Waals surface area (Å²) in [6.45, 7) is 1.77. The second kappa shape index (κ2) is 5.64. The van der Waals surface area contributed by atoms with Crippen LogP contribution in [-0.2, 0) is 9.84 Å². The van der Waals surface area contributed by atoms with Crippen LogP contribution in [0.3, 0.4) is 0 Å². The quantitative estimate of drug-likeness (QED) is 0.867. The zero-order chi connectivity index (χ0) is 12.9. The summed E-state index contributed by atoms with van der Waals surface area (Å²) in [5.74, 6) is -0.451. The first kappa shape index (κ1) is 13.5. The Kier molecular flexibility index (Phi) is 4.46. The third-order valence-electron chi connectivity index (χ3n) is 2.21. The number of rotatable bonds is 5. The van der Waals surface area contributed by atoms with Crippen molar-refractivity contribution in [3.63, 3.8) is 0 Å². The highest BCUT2D eigenvalue weighted by atomic mass is 32.2. The molecule has 0 fully saturated rings. The summed E-state index contributed by atoms with van der Waals surface area (Å²) in [6.07, 6.45) is 0. The first-order chi connectivity index (χ1) is 7.96. The van der Waals surface area contributed by atoms with E-state index in [2.05, 4.69) is 5.32 Å². The van der Waals surface area contributed by atoms with Gasteiger partial charge in [0, 0.05) is 18.0 Å². The molecule has 0 atom stereocenters. The van der Waals surface area contributed by atoms with E-state index in [0.29, 0.717) is 5.69 Å². The molecule has 0 unspecified atom stereocenters. The second-order valence-electron chi connectivity index (χ2n) is 3.50. The van der Waals surface area contributed by atoms with Crippen molar-refractivity contribution in [1.82, 2.24) is 0 Å². The van der Waals surface area contributed by atoms with Crippen molar-refractivity contribution in [2.75, 3.05) is 23.4 Å². The largest absolute Gasteiger partial charge is 0.384 e. The molecular formula is C11H13FN2O2S. The number of nitrogens with zero attached hydrogens (tertiary/aromatic N) is 1. The maximum atomic E-state index is 13.0. The first-order valence-corrected chi connectivity index (χ1v) is 6.94. The molecule has 17 heavy (non-hydrogen) atoms. The van der Waals surface area contributed by atoms with Gasteiger partial charge in [0.1, 0.15) is 5.82 Å². The molecule has 1 aromatic rings. The number of nitriles is 1. The average Bonchev–Trinajstić information content (AvgIpc) is 2.28. The van der Waals surface area contributed by atoms with E-state index >= 15 is 0 Å². The van der Waals surface area contributed by atoms with Crippen LogP contribution in [0.4, 0.5) is 10.1 Å². The summed E-state index contributed by atoms with van der Waals surface area (Å²) in [6, 6.07) is 5.64. The highest BCUT2D eigenvalue weighted by Crippen LogP contribution is 2.13. The van der Waals surface area contributed by atoms with Crippen molar-refractivity contribution in [3.8, 4) is 6.07 Å². The average molecular weight is 256 g/mol. The molecule has 0 bridgehead atoms. The number of hydrogen-bond donors (Lipinski definition) is 1. The van der Waals surface area contributed by atoms with Gasteiger partial charge in [0.05, 0.1) is 17.4 Å². The smallest absolute Gasteiger partial charge is 0.151 e. The monoisotopic (exact) mass is 256 g/mol. The fourth-order valence-electron chi connectivity index (χ4n) is 1.25. The Balaban J connectivity index is 2.65. The van der Waals surface area contributed by atoms with Crippen LogP contribution in [0, 0.1) is 17.1 Å². The van der Waals surface area contributed by atoms with Crippen LogP contribution in [0.15, 0.2) is 18.2 Å². The number of anilines is 1. The molecule has 0 aliphatic heterocycles. The normalized spacial score (nSPS) is 10.9. The van der Waals surface area contributed by atoms with Gasteiger partial charge in [-0.15, -0.1) is 0 Å². The van der Waals surface area contributed by atoms with Crippen molar-refractivity contribution < 1.29 is 12.8 Å². The van der Waals surface area contributed by atoms with Gasteiger partial charge in [-0.2, -0.15) is 5.26 Å². The minimum atomic E-state index is -3.04. The molecule has 0 amide bonds. The minimum Gasteiger partial charge on any atom is -0.384 e. The predicted octanol–water partition coefficient (Wildman–Crippen LogP) is 1.54. The number of nitrogens with one attached hydrogen (secondary N) is 1. The van der Waals surface area contributed by atoms with Gasteiger partial charge >= 0.3 is 0 Å². The van der Waals surface area contributed by atoms with Crippen molar-refractivity contribution in [1.29, 1.82) is 5.26 Å². The molecule has 1 rings (SSSR count). The lowest BCUT2D eigenvalue weighted by Gasteiger charge is -2.06. The minimum absolute atomic E-state index is 0.0120. The number of sulfone groups is 1. The van der Waals surface area contributed by atoms with Gasteiger partial charge in [-0.05, 0) is 18.2 Å². The summed E-state index contributed by atoms with van der Waals surface area (Å²) < 4.78 is 35.5. The predicted molar refractivity (Wildman–Crippen MR) is 63.9 cm³/mol. The molecule has 1 N–H and O–H groups in total. The molecule has 92 valence electrons. The van der Waals surface area contributed by atoms with Crippen LogP contribution < -0.4 is 5.32 Å². The summed E-state index contributed by atoms with van der Waals surface area (Å²) in [5.41, 5.74) is 0.610. The zero-order valence-electron chi connectivity index (χ0n) is 9.40. The van der Waals surface area contributed by atoms with Gasteiger partial charge in [0.25, 0.3) is 0 Å². The Bertz CT molecular complexity index is 535. The number of benzene rings is 1. The van der Waals surface area contributed by atoms with E-state index in [9.17, 15) is 12.8 Å². The van der Waals surface area contributed by atoms with E-state index in [1.54, 1.807) is 6.92 Å². The topological polar surface area (TPSA) is 70.0 Å². The molecule has 0 spiro atoms. The Hall–Kier alpha value is -1.61. The summed E-state index contributed by atoms with van der Waals surface area (Å²) >= 11 is 0. The van der Waals surface area contributed by atoms with E-state index in [1.165, 1.54) is 12.1 Å². The summed E-state index contributed by atoms with van der Waals surface area (Å²) in [4.78, 5) is 0. The van der Waals surface area contributed by atoms with Crippen molar-refractivity contribution in [2.24, 2.45) is 0 Å². The molecule has 0 aliphatic carbocycles. The fraction of sp³-hybridized carbons (Fsp3) is 0.364. The van der Waals surface area contributed by atoms with Gasteiger partial charge in [-0.25, -0.2) is 12.8 Å². The Labute approximate surface area is 100.0 Å². The van der Waals surface area contributed by atoms with Crippen molar-refractivity contribution in [2.45, 2.75) is 6.92 Å². The van der Waals surface area contributed by atoms with E-state index in [4.69, 9.17) is 5.26 Å². The number of halogens is 1. The van der Waals surface area contributed by atoms with Gasteiger partial charge in [0.2, 0.25) is 0 Å². The van der Waals surface area contributed by atoms with E-state index in [1.807, 2.05) is 6.07 Å². The Morgan fingerprint density at radius 3 is 2.71 bits per heavy atom. The molecule has 0 radical (unpaired) electrons. The van der Waals surface area contributed by atoms with Crippen LogP contribution in [0.2, 0.25) is 0 Å². The van der Waals surface area contributed by atoms with Crippen LogP contribution >= 0.6 is 0 Å². The van der Waals surface area contributed by atoms with Crippen LogP contribution in [-0.4, -0.2) is 26.5 Å². The molecule has 4 nitrogen and oxygen atoms in total. The zero-order valence-corrected chi connectivity index (χ0v) is 10.2. The molecular weight excluding hydrogens is 243 g/mol. The molecule has 0 aromatic heterocycles. The highest BCUT2D eigenvalue weighted by molar-refractivity contribution is 7.91. The van der Waals surface area contributed by atoms with Gasteiger partial charge < -0.3 is 5.32 Å². The fourth-order valence-corrected chi connectivity index (χ4v) is 1.95. The molecule has 1 aromatic carbocycles. The molecule has 0 saturated heterocycles. The maximum Gasteiger partial charge on any atom is 0.151 e.